The summed E-state index contributed by atoms with van der Waals surface area (Å²) in [6.07, 6.45) is 1.65. The summed E-state index contributed by atoms with van der Waals surface area (Å²) in [5, 5.41) is 3.30. The van der Waals surface area contributed by atoms with Crippen molar-refractivity contribution in [2.24, 2.45) is 0 Å². The number of halogens is 1. The molecule has 2 aromatic carbocycles. The van der Waals surface area contributed by atoms with E-state index in [1.807, 2.05) is 44.2 Å². The van der Waals surface area contributed by atoms with Gasteiger partial charge in [-0.1, -0.05) is 41.9 Å². The standard InChI is InChI=1S/C21H27ClN2O4S/c1-15(20(25)23-21(2,3)14-16-9-7-6-8-10-16)24(29(5,26)27)18-13-17(22)11-12-19(18)28-4/h6-13,15H,14H2,1-5H3,(H,23,25)/t15-/m1/s1. The second kappa shape index (κ2) is 9.05. The maximum absolute atomic E-state index is 13.0. The van der Waals surface area contributed by atoms with Gasteiger partial charge in [-0.3, -0.25) is 9.10 Å². The Balaban J connectivity index is 2.31. The fraction of sp³-hybridized carbons (Fsp3) is 0.381. The molecule has 6 nitrogen and oxygen atoms in total. The maximum atomic E-state index is 13.0. The van der Waals surface area contributed by atoms with E-state index in [4.69, 9.17) is 16.3 Å². The minimum Gasteiger partial charge on any atom is -0.495 e. The summed E-state index contributed by atoms with van der Waals surface area (Å²) in [6.45, 7) is 5.33. The second-order valence-electron chi connectivity index (χ2n) is 7.59. The first-order valence-electron chi connectivity index (χ1n) is 9.13. The zero-order chi connectivity index (χ0) is 21.8. The number of amides is 1. The number of sulfonamides is 1. The Bertz CT molecular complexity index is 962. The Kier molecular flexibility index (Phi) is 7.19. The van der Waals surface area contributed by atoms with Crippen molar-refractivity contribution in [2.45, 2.75) is 38.8 Å². The molecule has 0 spiro atoms. The molecule has 8 heteroatoms. The normalized spacial score (nSPS) is 12.9. The molecule has 29 heavy (non-hydrogen) atoms. The first-order valence-corrected chi connectivity index (χ1v) is 11.4. The van der Waals surface area contributed by atoms with Crippen LogP contribution in [0.2, 0.25) is 5.02 Å². The summed E-state index contributed by atoms with van der Waals surface area (Å²) in [7, 11) is -2.36. The van der Waals surface area contributed by atoms with E-state index >= 15 is 0 Å². The molecular weight excluding hydrogens is 412 g/mol. The molecule has 0 radical (unpaired) electrons. The molecule has 0 unspecified atom stereocenters. The van der Waals surface area contributed by atoms with Crippen molar-refractivity contribution < 1.29 is 17.9 Å². The van der Waals surface area contributed by atoms with Crippen LogP contribution in [0.1, 0.15) is 26.3 Å². The smallest absolute Gasteiger partial charge is 0.244 e. The topological polar surface area (TPSA) is 75.7 Å². The average Bonchev–Trinajstić information content (AvgIpc) is 2.60. The van der Waals surface area contributed by atoms with Crippen LogP contribution in [0, 0.1) is 0 Å². The molecule has 0 heterocycles. The molecule has 0 fully saturated rings. The van der Waals surface area contributed by atoms with Gasteiger partial charge in [0.15, 0.2) is 0 Å². The van der Waals surface area contributed by atoms with Gasteiger partial charge < -0.3 is 10.1 Å². The number of hydrogen-bond donors (Lipinski definition) is 1. The van der Waals surface area contributed by atoms with Crippen molar-refractivity contribution in [1.29, 1.82) is 0 Å². The summed E-state index contributed by atoms with van der Waals surface area (Å²) in [4.78, 5) is 13.0. The molecule has 0 saturated heterocycles. The molecule has 0 aliphatic rings. The molecule has 0 aliphatic carbocycles. The highest BCUT2D eigenvalue weighted by molar-refractivity contribution is 7.92. The summed E-state index contributed by atoms with van der Waals surface area (Å²) in [5.74, 6) is -0.110. The molecule has 1 amide bonds. The SMILES string of the molecule is COc1ccc(Cl)cc1N([C@H](C)C(=O)NC(C)(C)Cc1ccccc1)S(C)(=O)=O. The van der Waals surface area contributed by atoms with E-state index in [1.54, 1.807) is 12.1 Å². The van der Waals surface area contributed by atoms with Crippen LogP contribution in [0.25, 0.3) is 0 Å². The van der Waals surface area contributed by atoms with Gasteiger partial charge in [-0.25, -0.2) is 8.42 Å². The molecule has 0 bridgehead atoms. The van der Waals surface area contributed by atoms with E-state index in [-0.39, 0.29) is 5.69 Å². The number of methoxy groups -OCH3 is 1. The van der Waals surface area contributed by atoms with Gasteiger partial charge >= 0.3 is 0 Å². The fourth-order valence-corrected chi connectivity index (χ4v) is 4.54. The monoisotopic (exact) mass is 438 g/mol. The first-order chi connectivity index (χ1) is 13.4. The third-order valence-electron chi connectivity index (χ3n) is 4.42. The number of ether oxygens (including phenoxy) is 1. The summed E-state index contributed by atoms with van der Waals surface area (Å²) in [5.41, 5.74) is 0.710. The van der Waals surface area contributed by atoms with Gasteiger partial charge in [-0.2, -0.15) is 0 Å². The lowest BCUT2D eigenvalue weighted by molar-refractivity contribution is -0.123. The number of anilines is 1. The maximum Gasteiger partial charge on any atom is 0.244 e. The second-order valence-corrected chi connectivity index (χ2v) is 9.88. The lowest BCUT2D eigenvalue weighted by Crippen LogP contribution is -2.54. The van der Waals surface area contributed by atoms with Crippen LogP contribution >= 0.6 is 11.6 Å². The lowest BCUT2D eigenvalue weighted by atomic mass is 9.94. The Morgan fingerprint density at radius 3 is 2.38 bits per heavy atom. The van der Waals surface area contributed by atoms with Gasteiger partial charge in [0.2, 0.25) is 15.9 Å². The lowest BCUT2D eigenvalue weighted by Gasteiger charge is -2.33. The number of rotatable bonds is 8. The highest BCUT2D eigenvalue weighted by Gasteiger charge is 2.33. The third kappa shape index (κ3) is 6.11. The van der Waals surface area contributed by atoms with E-state index in [0.29, 0.717) is 17.2 Å². The Labute approximate surface area is 177 Å². The number of carbonyl (C=O) groups is 1. The zero-order valence-electron chi connectivity index (χ0n) is 17.3. The van der Waals surface area contributed by atoms with E-state index < -0.39 is 27.5 Å². The zero-order valence-corrected chi connectivity index (χ0v) is 18.8. The van der Waals surface area contributed by atoms with Crippen LogP contribution in [0.15, 0.2) is 48.5 Å². The number of hydrogen-bond acceptors (Lipinski definition) is 4. The first kappa shape index (κ1) is 23.0. The van der Waals surface area contributed by atoms with Crippen LogP contribution in [-0.2, 0) is 21.2 Å². The highest BCUT2D eigenvalue weighted by atomic mass is 35.5. The quantitative estimate of drug-likeness (QED) is 0.682. The molecule has 1 N–H and O–H groups in total. The van der Waals surface area contributed by atoms with Gasteiger partial charge in [-0.15, -0.1) is 0 Å². The van der Waals surface area contributed by atoms with E-state index in [1.165, 1.54) is 20.1 Å². The van der Waals surface area contributed by atoms with Crippen molar-refractivity contribution in [3.8, 4) is 5.75 Å². The van der Waals surface area contributed by atoms with E-state index in [9.17, 15) is 13.2 Å². The van der Waals surface area contributed by atoms with Crippen molar-refractivity contribution in [2.75, 3.05) is 17.7 Å². The number of nitrogens with one attached hydrogen (secondary N) is 1. The molecule has 0 aromatic heterocycles. The fourth-order valence-electron chi connectivity index (χ4n) is 3.20. The van der Waals surface area contributed by atoms with E-state index in [2.05, 4.69) is 5.32 Å². The van der Waals surface area contributed by atoms with Crippen molar-refractivity contribution in [1.82, 2.24) is 5.32 Å². The van der Waals surface area contributed by atoms with Crippen molar-refractivity contribution in [3.63, 3.8) is 0 Å². The van der Waals surface area contributed by atoms with Crippen LogP contribution < -0.4 is 14.4 Å². The molecule has 1 atom stereocenters. The Morgan fingerprint density at radius 1 is 1.21 bits per heavy atom. The molecule has 2 aromatic rings. The van der Waals surface area contributed by atoms with Crippen LogP contribution in [0.4, 0.5) is 5.69 Å². The summed E-state index contributed by atoms with van der Waals surface area (Å²) in [6, 6.07) is 13.4. The predicted octanol–water partition coefficient (Wildman–Crippen LogP) is 3.64. The highest BCUT2D eigenvalue weighted by Crippen LogP contribution is 2.34. The molecule has 0 aliphatic heterocycles. The minimum atomic E-state index is -3.79. The van der Waals surface area contributed by atoms with Gasteiger partial charge in [0, 0.05) is 10.6 Å². The largest absolute Gasteiger partial charge is 0.495 e. The van der Waals surface area contributed by atoms with Crippen LogP contribution in [-0.4, -0.2) is 39.3 Å². The minimum absolute atomic E-state index is 0.214. The van der Waals surface area contributed by atoms with Crippen molar-refractivity contribution in [3.05, 3.63) is 59.1 Å². The van der Waals surface area contributed by atoms with Gasteiger partial charge in [0.1, 0.15) is 11.8 Å². The van der Waals surface area contributed by atoms with Crippen LogP contribution in [0.5, 0.6) is 5.75 Å². The molecule has 158 valence electrons. The van der Waals surface area contributed by atoms with Gasteiger partial charge in [-0.05, 0) is 51.0 Å². The summed E-state index contributed by atoms with van der Waals surface area (Å²) < 4.78 is 31.4. The van der Waals surface area contributed by atoms with Gasteiger partial charge in [0.05, 0.1) is 19.1 Å². The molecule has 2 rings (SSSR count). The Hall–Kier alpha value is -2.25. The molecular formula is C21H27ClN2O4S. The number of carbonyl (C=O) groups excluding carboxylic acids is 1. The summed E-state index contributed by atoms with van der Waals surface area (Å²) >= 11 is 6.07. The predicted molar refractivity (Wildman–Crippen MR) is 117 cm³/mol. The average molecular weight is 439 g/mol. The Morgan fingerprint density at radius 2 is 1.83 bits per heavy atom. The number of nitrogens with zero attached hydrogens (tertiary/aromatic N) is 1. The van der Waals surface area contributed by atoms with Gasteiger partial charge in [0.25, 0.3) is 0 Å². The van der Waals surface area contributed by atoms with Crippen LogP contribution in [0.3, 0.4) is 0 Å². The number of benzene rings is 2. The van der Waals surface area contributed by atoms with E-state index in [0.717, 1.165) is 16.1 Å². The van der Waals surface area contributed by atoms with Crippen molar-refractivity contribution >= 4 is 33.2 Å². The molecule has 0 saturated carbocycles. The third-order valence-corrected chi connectivity index (χ3v) is 5.88.